The van der Waals surface area contributed by atoms with Gasteiger partial charge in [0, 0.05) is 18.5 Å². The Bertz CT molecular complexity index is 1310. The third-order valence-electron chi connectivity index (χ3n) is 6.70. The minimum Gasteiger partial charge on any atom is -0.346 e. The fourth-order valence-corrected chi connectivity index (χ4v) is 5.29. The van der Waals surface area contributed by atoms with Crippen LogP contribution in [-0.4, -0.2) is 49.2 Å². The van der Waals surface area contributed by atoms with Crippen molar-refractivity contribution >= 4 is 35.1 Å². The first-order valence-corrected chi connectivity index (χ1v) is 12.9. The number of carbonyl (C=O) groups is 2. The van der Waals surface area contributed by atoms with E-state index in [4.69, 9.17) is 23.2 Å². The fraction of sp³-hybridized carbons (Fsp3) is 0.346. The summed E-state index contributed by atoms with van der Waals surface area (Å²) in [5.41, 5.74) is 0.375. The van der Waals surface area contributed by atoms with Gasteiger partial charge >= 0.3 is 11.7 Å². The number of rotatable bonds is 7. The van der Waals surface area contributed by atoms with Crippen LogP contribution in [0.2, 0.25) is 10.0 Å². The summed E-state index contributed by atoms with van der Waals surface area (Å²) in [6.07, 6.45) is 4.21. The highest BCUT2D eigenvalue weighted by Crippen LogP contribution is 2.29. The molecule has 2 amide bonds. The molecule has 4 rings (SSSR count). The summed E-state index contributed by atoms with van der Waals surface area (Å²) in [4.78, 5) is 40.8. The predicted octanol–water partition coefficient (Wildman–Crippen LogP) is 4.63. The summed E-state index contributed by atoms with van der Waals surface area (Å²) in [7, 11) is 0. The quantitative estimate of drug-likeness (QED) is 0.346. The van der Waals surface area contributed by atoms with Crippen molar-refractivity contribution in [3.63, 3.8) is 0 Å². The second-order valence-corrected chi connectivity index (χ2v) is 9.68. The number of aromatic nitrogens is 4. The molecule has 1 saturated carbocycles. The van der Waals surface area contributed by atoms with Crippen LogP contribution >= 0.6 is 23.2 Å². The molecule has 1 N–H and O–H groups in total. The molecule has 9 nitrogen and oxygen atoms in total. The van der Waals surface area contributed by atoms with Gasteiger partial charge in [-0.3, -0.25) is 4.79 Å². The molecule has 194 valence electrons. The summed E-state index contributed by atoms with van der Waals surface area (Å²) in [6, 6.07) is 13.5. The lowest BCUT2D eigenvalue weighted by molar-refractivity contribution is -0.126. The van der Waals surface area contributed by atoms with Gasteiger partial charge in [0.15, 0.2) is 0 Å². The van der Waals surface area contributed by atoms with Crippen LogP contribution in [-0.2, 0) is 4.79 Å². The number of tetrazole rings is 1. The zero-order valence-corrected chi connectivity index (χ0v) is 21.9. The molecular formula is C26H28Cl2N6O3. The van der Waals surface area contributed by atoms with Crippen molar-refractivity contribution in [1.82, 2.24) is 30.0 Å². The second-order valence-electron chi connectivity index (χ2n) is 8.86. The van der Waals surface area contributed by atoms with Gasteiger partial charge in [-0.05, 0) is 60.7 Å². The second kappa shape index (κ2) is 11.7. The van der Waals surface area contributed by atoms with E-state index in [0.717, 1.165) is 14.9 Å². The molecule has 0 aliphatic heterocycles. The first-order chi connectivity index (χ1) is 17.8. The third kappa shape index (κ3) is 5.62. The smallest absolute Gasteiger partial charge is 0.346 e. The van der Waals surface area contributed by atoms with Gasteiger partial charge in [0.2, 0.25) is 5.91 Å². The number of amides is 2. The van der Waals surface area contributed by atoms with E-state index in [0.29, 0.717) is 32.2 Å². The van der Waals surface area contributed by atoms with E-state index in [-0.39, 0.29) is 39.6 Å². The predicted molar refractivity (Wildman–Crippen MR) is 142 cm³/mol. The third-order valence-corrected chi connectivity index (χ3v) is 7.31. The van der Waals surface area contributed by atoms with Gasteiger partial charge in [0.25, 0.3) is 0 Å². The molecule has 11 heteroatoms. The SMILES string of the molecule is C=CC(NC(=O)C1CCC(N(CC)C(=O)n2nnn(-c3c(Cl)cccc3Cl)c2=O)CC1)c1ccccc1. The van der Waals surface area contributed by atoms with E-state index in [2.05, 4.69) is 22.3 Å². The molecule has 0 saturated heterocycles. The van der Waals surface area contributed by atoms with Crippen LogP contribution in [0.25, 0.3) is 5.69 Å². The van der Waals surface area contributed by atoms with Crippen molar-refractivity contribution in [1.29, 1.82) is 0 Å². The van der Waals surface area contributed by atoms with Crippen molar-refractivity contribution in [2.75, 3.05) is 6.54 Å². The highest BCUT2D eigenvalue weighted by atomic mass is 35.5. The summed E-state index contributed by atoms with van der Waals surface area (Å²) in [5, 5.41) is 11.1. The van der Waals surface area contributed by atoms with Crippen molar-refractivity contribution in [2.45, 2.75) is 44.7 Å². The monoisotopic (exact) mass is 542 g/mol. The first kappa shape index (κ1) is 26.6. The molecule has 1 aliphatic carbocycles. The van der Waals surface area contributed by atoms with Gasteiger partial charge < -0.3 is 10.2 Å². The molecule has 1 unspecified atom stereocenters. The van der Waals surface area contributed by atoms with E-state index in [9.17, 15) is 14.4 Å². The lowest BCUT2D eigenvalue weighted by atomic mass is 9.84. The molecule has 3 aromatic rings. The summed E-state index contributed by atoms with van der Waals surface area (Å²) in [5.74, 6) is -0.195. The van der Waals surface area contributed by atoms with Crippen LogP contribution in [0, 0.1) is 5.92 Å². The Morgan fingerprint density at radius 1 is 1.08 bits per heavy atom. The van der Waals surface area contributed by atoms with E-state index in [1.54, 1.807) is 29.2 Å². The highest BCUT2D eigenvalue weighted by Gasteiger charge is 2.33. The Labute approximate surface area is 224 Å². The number of carbonyl (C=O) groups excluding carboxylic acids is 2. The van der Waals surface area contributed by atoms with Crippen molar-refractivity contribution in [3.8, 4) is 5.69 Å². The topological polar surface area (TPSA) is 102 Å². The highest BCUT2D eigenvalue weighted by molar-refractivity contribution is 6.37. The molecule has 0 spiro atoms. The normalized spacial score (nSPS) is 18.1. The average molecular weight is 543 g/mol. The number of hydrogen-bond acceptors (Lipinski definition) is 5. The van der Waals surface area contributed by atoms with Gasteiger partial charge in [-0.2, -0.15) is 4.68 Å². The van der Waals surface area contributed by atoms with Crippen molar-refractivity contribution < 1.29 is 9.59 Å². The molecule has 1 heterocycles. The van der Waals surface area contributed by atoms with Crippen molar-refractivity contribution in [2.24, 2.45) is 5.92 Å². The lowest BCUT2D eigenvalue weighted by Gasteiger charge is -2.35. The summed E-state index contributed by atoms with van der Waals surface area (Å²) in [6.45, 7) is 6.07. The average Bonchev–Trinajstić information content (AvgIpc) is 3.29. The van der Waals surface area contributed by atoms with Crippen LogP contribution < -0.4 is 11.0 Å². The summed E-state index contributed by atoms with van der Waals surface area (Å²) >= 11 is 12.4. The van der Waals surface area contributed by atoms with E-state index in [1.807, 2.05) is 37.3 Å². The molecule has 0 bridgehead atoms. The maximum Gasteiger partial charge on any atom is 0.377 e. The maximum atomic E-state index is 13.3. The number of benzene rings is 2. The van der Waals surface area contributed by atoms with E-state index < -0.39 is 11.7 Å². The molecule has 0 radical (unpaired) electrons. The minimum absolute atomic E-state index is 0.0302. The molecule has 1 aliphatic rings. The molecule has 1 fully saturated rings. The van der Waals surface area contributed by atoms with Crippen LogP contribution in [0.4, 0.5) is 4.79 Å². The van der Waals surface area contributed by atoms with Crippen molar-refractivity contribution in [3.05, 3.63) is 87.3 Å². The van der Waals surface area contributed by atoms with Crippen LogP contribution in [0.15, 0.2) is 66.0 Å². The zero-order valence-electron chi connectivity index (χ0n) is 20.4. The van der Waals surface area contributed by atoms with Crippen LogP contribution in [0.5, 0.6) is 0 Å². The Morgan fingerprint density at radius 2 is 1.73 bits per heavy atom. The number of nitrogens with one attached hydrogen (secondary N) is 1. The number of nitrogens with zero attached hydrogens (tertiary/aromatic N) is 5. The first-order valence-electron chi connectivity index (χ1n) is 12.1. The van der Waals surface area contributed by atoms with Crippen LogP contribution in [0.1, 0.15) is 44.2 Å². The van der Waals surface area contributed by atoms with Gasteiger partial charge in [-0.1, -0.05) is 65.7 Å². The zero-order chi connectivity index (χ0) is 26.5. The number of halogens is 2. The van der Waals surface area contributed by atoms with E-state index in [1.165, 1.54) is 0 Å². The lowest BCUT2D eigenvalue weighted by Crippen LogP contribution is -2.48. The Balaban J connectivity index is 1.42. The van der Waals surface area contributed by atoms with Gasteiger partial charge in [0.05, 0.1) is 16.1 Å². The standard InChI is InChI=1S/C26H28Cl2N6O3/c1-3-22(17-9-6-5-7-10-17)29-24(35)18-13-15-19(16-14-18)32(4-2)25(36)34-26(37)33(30-31-34)23-20(27)11-8-12-21(23)28/h3,5-12,18-19,22H,1,4,13-16H2,2H3,(H,29,35). The fourth-order valence-electron chi connectivity index (χ4n) is 4.73. The van der Waals surface area contributed by atoms with Gasteiger partial charge in [-0.25, -0.2) is 9.59 Å². The van der Waals surface area contributed by atoms with E-state index >= 15 is 0 Å². The van der Waals surface area contributed by atoms with Gasteiger partial charge in [0.1, 0.15) is 5.69 Å². The largest absolute Gasteiger partial charge is 0.377 e. The maximum absolute atomic E-state index is 13.3. The number of hydrogen-bond donors (Lipinski definition) is 1. The molecule has 37 heavy (non-hydrogen) atoms. The Kier molecular flexibility index (Phi) is 8.45. The Morgan fingerprint density at radius 3 is 2.32 bits per heavy atom. The minimum atomic E-state index is -0.761. The molecule has 1 aromatic heterocycles. The van der Waals surface area contributed by atoms with Crippen LogP contribution in [0.3, 0.4) is 0 Å². The number of para-hydroxylation sites is 1. The van der Waals surface area contributed by atoms with Gasteiger partial charge in [-0.15, -0.1) is 11.3 Å². The molecular weight excluding hydrogens is 515 g/mol. The molecule has 2 aromatic carbocycles. The Hall–Kier alpha value is -3.43. The summed E-state index contributed by atoms with van der Waals surface area (Å²) < 4.78 is 1.64. The molecule has 1 atom stereocenters.